The van der Waals surface area contributed by atoms with Gasteiger partial charge in [0.25, 0.3) is 0 Å². The lowest BCUT2D eigenvalue weighted by Gasteiger charge is -2.22. The molecule has 0 saturated heterocycles. The average molecular weight is 257 g/mol. The van der Waals surface area contributed by atoms with Crippen molar-refractivity contribution < 1.29 is 18.3 Å². The van der Waals surface area contributed by atoms with E-state index in [1.165, 1.54) is 16.4 Å². The van der Waals surface area contributed by atoms with Crippen LogP contribution in [0.25, 0.3) is 0 Å². The van der Waals surface area contributed by atoms with Crippen LogP contribution in [0.3, 0.4) is 0 Å². The lowest BCUT2D eigenvalue weighted by atomic mass is 10.1. The van der Waals surface area contributed by atoms with Gasteiger partial charge in [-0.2, -0.15) is 0 Å². The fraction of sp³-hybridized carbons (Fsp3) is 0.364. The third-order valence-electron chi connectivity index (χ3n) is 2.41. The fourth-order valence-electron chi connectivity index (χ4n) is 1.59. The molecular weight excluding hydrogens is 242 g/mol. The summed E-state index contributed by atoms with van der Waals surface area (Å²) in [4.78, 5) is 10.9. The van der Waals surface area contributed by atoms with E-state index in [9.17, 15) is 13.2 Å². The Morgan fingerprint density at radius 1 is 1.41 bits per heavy atom. The average Bonchev–Trinajstić information content (AvgIpc) is 2.19. The Kier molecular flexibility index (Phi) is 3.77. The summed E-state index contributed by atoms with van der Waals surface area (Å²) in [5, 5.41) is 8.89. The van der Waals surface area contributed by atoms with Crippen molar-refractivity contribution in [3.8, 4) is 0 Å². The van der Waals surface area contributed by atoms with Gasteiger partial charge in [0.15, 0.2) is 0 Å². The predicted molar refractivity (Wildman–Crippen MR) is 66.0 cm³/mol. The van der Waals surface area contributed by atoms with Gasteiger partial charge in [-0.05, 0) is 31.5 Å². The quantitative estimate of drug-likeness (QED) is 0.886. The molecular formula is C11H15NO4S. The van der Waals surface area contributed by atoms with Gasteiger partial charge < -0.3 is 5.11 Å². The van der Waals surface area contributed by atoms with Gasteiger partial charge in [0.05, 0.1) is 17.5 Å². The first-order valence-electron chi connectivity index (χ1n) is 5.09. The molecule has 6 heteroatoms. The molecule has 0 aliphatic carbocycles. The van der Waals surface area contributed by atoms with E-state index in [1.54, 1.807) is 19.9 Å². The van der Waals surface area contributed by atoms with E-state index < -0.39 is 16.0 Å². The van der Waals surface area contributed by atoms with E-state index in [-0.39, 0.29) is 12.1 Å². The van der Waals surface area contributed by atoms with Crippen molar-refractivity contribution in [2.75, 3.05) is 17.1 Å². The second kappa shape index (κ2) is 4.75. The Morgan fingerprint density at radius 3 is 2.41 bits per heavy atom. The van der Waals surface area contributed by atoms with Crippen molar-refractivity contribution in [3.05, 3.63) is 29.3 Å². The molecule has 0 radical (unpaired) electrons. The summed E-state index contributed by atoms with van der Waals surface area (Å²) in [6, 6.07) is 4.44. The summed E-state index contributed by atoms with van der Waals surface area (Å²) in [6.07, 6.45) is 1.10. The van der Waals surface area contributed by atoms with Gasteiger partial charge in [-0.3, -0.25) is 4.31 Å². The van der Waals surface area contributed by atoms with Crippen molar-refractivity contribution in [2.24, 2.45) is 0 Å². The number of benzene rings is 1. The first-order chi connectivity index (χ1) is 7.77. The third-order valence-corrected chi connectivity index (χ3v) is 3.67. The maximum absolute atomic E-state index is 11.6. The first-order valence-corrected chi connectivity index (χ1v) is 6.94. The van der Waals surface area contributed by atoms with Crippen LogP contribution in [0.4, 0.5) is 5.69 Å². The zero-order chi connectivity index (χ0) is 13.2. The first kappa shape index (κ1) is 13.5. The lowest BCUT2D eigenvalue weighted by molar-refractivity contribution is 0.0697. The molecule has 1 rings (SSSR count). The van der Waals surface area contributed by atoms with Crippen LogP contribution in [-0.2, 0) is 10.0 Å². The Morgan fingerprint density at radius 2 is 2.00 bits per heavy atom. The predicted octanol–water partition coefficient (Wildman–Crippen LogP) is 1.48. The van der Waals surface area contributed by atoms with Crippen LogP contribution in [0, 0.1) is 6.92 Å². The number of carboxylic acid groups (broad SMARTS) is 1. The van der Waals surface area contributed by atoms with Crippen LogP contribution < -0.4 is 4.31 Å². The van der Waals surface area contributed by atoms with Gasteiger partial charge in [-0.25, -0.2) is 13.2 Å². The number of hydrogen-bond donors (Lipinski definition) is 1. The van der Waals surface area contributed by atoms with Crippen LogP contribution in [0.5, 0.6) is 0 Å². The second-order valence-corrected chi connectivity index (χ2v) is 5.64. The van der Waals surface area contributed by atoms with E-state index in [4.69, 9.17) is 5.11 Å². The molecule has 0 unspecified atom stereocenters. The summed E-state index contributed by atoms with van der Waals surface area (Å²) in [5.41, 5.74) is 1.21. The highest BCUT2D eigenvalue weighted by Gasteiger charge is 2.18. The number of hydrogen-bond acceptors (Lipinski definition) is 3. The molecule has 17 heavy (non-hydrogen) atoms. The normalized spacial score (nSPS) is 11.2. The number of rotatable bonds is 4. The number of anilines is 1. The zero-order valence-corrected chi connectivity index (χ0v) is 10.8. The van der Waals surface area contributed by atoms with Crippen LogP contribution in [0.2, 0.25) is 0 Å². The van der Waals surface area contributed by atoms with Gasteiger partial charge in [0.1, 0.15) is 0 Å². The Hall–Kier alpha value is -1.56. The molecule has 0 bridgehead atoms. The van der Waals surface area contributed by atoms with Gasteiger partial charge in [0.2, 0.25) is 10.0 Å². The van der Waals surface area contributed by atoms with Gasteiger partial charge in [0, 0.05) is 6.54 Å². The number of sulfonamides is 1. The summed E-state index contributed by atoms with van der Waals surface area (Å²) < 4.78 is 24.3. The molecule has 0 aromatic heterocycles. The number of aryl methyl sites for hydroxylation is 1. The molecule has 0 spiro atoms. The number of aromatic carboxylic acids is 1. The van der Waals surface area contributed by atoms with Crippen LogP contribution in [0.1, 0.15) is 22.8 Å². The van der Waals surface area contributed by atoms with E-state index in [0.717, 1.165) is 11.8 Å². The fourth-order valence-corrected chi connectivity index (χ4v) is 2.62. The summed E-state index contributed by atoms with van der Waals surface area (Å²) in [7, 11) is -3.39. The van der Waals surface area contributed by atoms with Crippen molar-refractivity contribution in [3.63, 3.8) is 0 Å². The van der Waals surface area contributed by atoms with Crippen molar-refractivity contribution in [1.29, 1.82) is 0 Å². The largest absolute Gasteiger partial charge is 0.478 e. The maximum Gasteiger partial charge on any atom is 0.335 e. The summed E-state index contributed by atoms with van der Waals surface area (Å²) in [5.74, 6) is -1.07. The minimum absolute atomic E-state index is 0.0766. The Bertz CT molecular complexity index is 536. The molecule has 0 aliphatic rings. The maximum atomic E-state index is 11.6. The molecule has 1 aromatic carbocycles. The van der Waals surface area contributed by atoms with E-state index in [0.29, 0.717) is 5.69 Å². The van der Waals surface area contributed by atoms with E-state index in [2.05, 4.69) is 0 Å². The molecule has 0 fully saturated rings. The highest BCUT2D eigenvalue weighted by molar-refractivity contribution is 7.92. The number of carbonyl (C=O) groups is 1. The third kappa shape index (κ3) is 2.97. The molecule has 94 valence electrons. The summed E-state index contributed by atoms with van der Waals surface area (Å²) >= 11 is 0. The van der Waals surface area contributed by atoms with Gasteiger partial charge >= 0.3 is 5.97 Å². The van der Waals surface area contributed by atoms with Crippen LogP contribution in [-0.4, -0.2) is 32.3 Å². The van der Waals surface area contributed by atoms with Gasteiger partial charge in [-0.15, -0.1) is 0 Å². The van der Waals surface area contributed by atoms with Crippen molar-refractivity contribution >= 4 is 21.7 Å². The lowest BCUT2D eigenvalue weighted by Crippen LogP contribution is -2.30. The molecule has 0 heterocycles. The molecule has 0 aliphatic heterocycles. The molecule has 0 amide bonds. The van der Waals surface area contributed by atoms with Crippen molar-refractivity contribution in [2.45, 2.75) is 13.8 Å². The smallest absolute Gasteiger partial charge is 0.335 e. The topological polar surface area (TPSA) is 74.7 Å². The Labute approximate surface area is 101 Å². The van der Waals surface area contributed by atoms with Crippen LogP contribution >= 0.6 is 0 Å². The second-order valence-electron chi connectivity index (χ2n) is 3.73. The zero-order valence-electron chi connectivity index (χ0n) is 9.97. The minimum Gasteiger partial charge on any atom is -0.478 e. The Balaban J connectivity index is 3.38. The molecule has 0 atom stereocenters. The summed E-state index contributed by atoms with van der Waals surface area (Å²) in [6.45, 7) is 3.71. The molecule has 1 aromatic rings. The number of carboxylic acids is 1. The van der Waals surface area contributed by atoms with E-state index in [1.807, 2.05) is 0 Å². The van der Waals surface area contributed by atoms with Crippen molar-refractivity contribution in [1.82, 2.24) is 0 Å². The number of nitrogens with zero attached hydrogens (tertiary/aromatic N) is 1. The monoisotopic (exact) mass is 257 g/mol. The van der Waals surface area contributed by atoms with E-state index >= 15 is 0 Å². The molecule has 0 saturated carbocycles. The minimum atomic E-state index is -3.39. The highest BCUT2D eigenvalue weighted by Crippen LogP contribution is 2.23. The molecule has 5 nitrogen and oxygen atoms in total. The SMILES string of the molecule is CCN(c1cc(C(=O)O)ccc1C)S(C)(=O)=O. The highest BCUT2D eigenvalue weighted by atomic mass is 32.2. The standard InChI is InChI=1S/C11H15NO4S/c1-4-12(17(3,15)16)10-7-9(11(13)14)6-5-8(10)2/h5-7H,4H2,1-3H3,(H,13,14). The van der Waals surface area contributed by atoms with Gasteiger partial charge in [-0.1, -0.05) is 6.07 Å². The van der Waals surface area contributed by atoms with Crippen LogP contribution in [0.15, 0.2) is 18.2 Å². The molecule has 1 N–H and O–H groups in total.